The van der Waals surface area contributed by atoms with Crippen LogP contribution < -0.4 is 0 Å². The Bertz CT molecular complexity index is 1330. The summed E-state index contributed by atoms with van der Waals surface area (Å²) in [4.78, 5) is 47.2. The van der Waals surface area contributed by atoms with E-state index < -0.39 is 33.4 Å². The van der Waals surface area contributed by atoms with Crippen molar-refractivity contribution < 1.29 is 19.5 Å². The van der Waals surface area contributed by atoms with Crippen LogP contribution in [0.25, 0.3) is 11.0 Å². The molecule has 11 heteroatoms. The maximum absolute atomic E-state index is 14.5. The molecule has 1 aromatic heterocycles. The van der Waals surface area contributed by atoms with Crippen molar-refractivity contribution in [2.75, 3.05) is 26.7 Å². The Kier molecular flexibility index (Phi) is 7.09. The summed E-state index contributed by atoms with van der Waals surface area (Å²) in [5.41, 5.74) is 1.51. The Morgan fingerprint density at radius 1 is 1.23 bits per heavy atom. The number of fused-ring (bicyclic) bond motifs is 2. The van der Waals surface area contributed by atoms with Crippen LogP contribution in [-0.2, 0) is 21.1 Å². The number of aliphatic hydroxyl groups excluding tert-OH is 1. The minimum atomic E-state index is -0.832. The summed E-state index contributed by atoms with van der Waals surface area (Å²) in [6.07, 6.45) is 4.68. The number of carbonyl (C=O) groups excluding carboxylic acids is 3. The highest BCUT2D eigenvalue weighted by molar-refractivity contribution is 8.02. The van der Waals surface area contributed by atoms with E-state index in [4.69, 9.17) is 0 Å². The molecule has 10 nitrogen and oxygen atoms in total. The first-order chi connectivity index (χ1) is 18.6. The predicted molar refractivity (Wildman–Crippen MR) is 149 cm³/mol. The van der Waals surface area contributed by atoms with E-state index in [0.717, 1.165) is 17.5 Å². The number of nitrogens with zero attached hydrogens (tertiary/aromatic N) is 6. The summed E-state index contributed by atoms with van der Waals surface area (Å²) in [5, 5.41) is 18.6. The van der Waals surface area contributed by atoms with Gasteiger partial charge in [-0.05, 0) is 38.8 Å². The number of likely N-dealkylation sites (tertiary alicyclic amines) is 1. The first-order valence-corrected chi connectivity index (χ1v) is 14.1. The summed E-state index contributed by atoms with van der Waals surface area (Å²) in [6.45, 7) is 11.9. The fraction of sp³-hybridized carbons (Fsp3) is 0.536. The lowest BCUT2D eigenvalue weighted by Gasteiger charge is -2.38. The minimum Gasteiger partial charge on any atom is -0.394 e. The molecule has 2 bridgehead atoms. The van der Waals surface area contributed by atoms with Gasteiger partial charge >= 0.3 is 0 Å². The minimum absolute atomic E-state index is 0.105. The molecule has 1 aromatic carbocycles. The standard InChI is InChI=1S/C28H36N6O4S/c1-6-14-31(5)24(36)21-22-25(37)34(18(3)16-35)23(28(22)13-12-27(21,4)39-28)26(38)32(15-7-2)17-33-20-11-9-8-10-19(20)29-30-33/h6-11,18,21-23,35H,1-2,12-17H2,3-5H3/t18-,21+,22+,23?,27-,28?/m1/s1. The van der Waals surface area contributed by atoms with Gasteiger partial charge in [-0.2, -0.15) is 0 Å². The van der Waals surface area contributed by atoms with E-state index in [0.29, 0.717) is 13.0 Å². The maximum Gasteiger partial charge on any atom is 0.248 e. The Morgan fingerprint density at radius 3 is 2.64 bits per heavy atom. The van der Waals surface area contributed by atoms with Gasteiger partial charge in [-0.1, -0.05) is 29.5 Å². The normalized spacial score (nSPS) is 29.9. The van der Waals surface area contributed by atoms with Crippen LogP contribution in [0.2, 0.25) is 0 Å². The average Bonchev–Trinajstić information content (AvgIpc) is 3.63. The highest BCUT2D eigenvalue weighted by atomic mass is 32.2. The number of hydrogen-bond donors (Lipinski definition) is 1. The zero-order valence-electron chi connectivity index (χ0n) is 22.7. The highest BCUT2D eigenvalue weighted by Crippen LogP contribution is 2.71. The first kappa shape index (κ1) is 27.4. The average molecular weight is 553 g/mol. The van der Waals surface area contributed by atoms with Crippen LogP contribution in [0.4, 0.5) is 0 Å². The first-order valence-electron chi connectivity index (χ1n) is 13.3. The largest absolute Gasteiger partial charge is 0.394 e. The number of carbonyl (C=O) groups is 3. The van der Waals surface area contributed by atoms with Gasteiger partial charge in [0.15, 0.2) is 0 Å². The third-order valence-corrected chi connectivity index (χ3v) is 10.6. The van der Waals surface area contributed by atoms with E-state index in [1.807, 2.05) is 31.2 Å². The lowest BCUT2D eigenvalue weighted by molar-refractivity contribution is -0.147. The molecule has 3 aliphatic heterocycles. The van der Waals surface area contributed by atoms with E-state index >= 15 is 0 Å². The summed E-state index contributed by atoms with van der Waals surface area (Å²) < 4.78 is 0.427. The zero-order chi connectivity index (χ0) is 28.1. The van der Waals surface area contributed by atoms with E-state index in [1.54, 1.807) is 57.3 Å². The fourth-order valence-corrected chi connectivity index (χ4v) is 9.16. The molecule has 2 aromatic rings. The number of benzene rings is 1. The molecule has 0 saturated carbocycles. The Morgan fingerprint density at radius 2 is 1.95 bits per heavy atom. The molecular weight excluding hydrogens is 516 g/mol. The molecule has 3 amide bonds. The van der Waals surface area contributed by atoms with E-state index in [2.05, 4.69) is 23.5 Å². The predicted octanol–water partition coefficient (Wildman–Crippen LogP) is 1.91. The van der Waals surface area contributed by atoms with Crippen LogP contribution >= 0.6 is 11.8 Å². The SMILES string of the molecule is C=CCN(C)C(=O)[C@@H]1[C@H]2C(=O)N([C@H](C)CO)C(C(=O)N(CC=C)Cn3nnc4ccccc43)C23CC[C@@]1(C)S3. The topological polar surface area (TPSA) is 112 Å². The summed E-state index contributed by atoms with van der Waals surface area (Å²) in [5.74, 6) is -1.80. The second-order valence-corrected chi connectivity index (χ2v) is 13.0. The van der Waals surface area contributed by atoms with Crippen LogP contribution in [0.3, 0.4) is 0 Å². The lowest BCUT2D eigenvalue weighted by Crippen LogP contribution is -2.57. The van der Waals surface area contributed by atoms with Gasteiger partial charge in [0.1, 0.15) is 18.2 Å². The number of aliphatic hydroxyl groups is 1. The van der Waals surface area contributed by atoms with Gasteiger partial charge in [0.05, 0.1) is 34.7 Å². The summed E-state index contributed by atoms with van der Waals surface area (Å²) >= 11 is 1.62. The number of thioether (sulfide) groups is 1. The molecule has 3 aliphatic rings. The van der Waals surface area contributed by atoms with Crippen LogP contribution in [0.15, 0.2) is 49.6 Å². The maximum atomic E-state index is 14.5. The van der Waals surface area contributed by atoms with Gasteiger partial charge < -0.3 is 19.8 Å². The van der Waals surface area contributed by atoms with Crippen molar-refractivity contribution in [1.82, 2.24) is 29.7 Å². The second-order valence-electron chi connectivity index (χ2n) is 11.1. The van der Waals surface area contributed by atoms with Gasteiger partial charge in [-0.3, -0.25) is 14.4 Å². The van der Waals surface area contributed by atoms with Crippen molar-refractivity contribution in [3.05, 3.63) is 49.6 Å². The van der Waals surface area contributed by atoms with Crippen molar-refractivity contribution >= 4 is 40.5 Å². The van der Waals surface area contributed by atoms with Gasteiger partial charge in [-0.15, -0.1) is 30.0 Å². The number of para-hydroxylation sites is 1. The number of likely N-dealkylation sites (N-methyl/N-ethyl adjacent to an activating group) is 1. The molecule has 3 saturated heterocycles. The van der Waals surface area contributed by atoms with Gasteiger partial charge in [0.2, 0.25) is 17.7 Å². The molecule has 2 unspecified atom stereocenters. The van der Waals surface area contributed by atoms with Crippen molar-refractivity contribution in [3.8, 4) is 0 Å². The Hall–Kier alpha value is -3.18. The van der Waals surface area contributed by atoms with Crippen molar-refractivity contribution in [3.63, 3.8) is 0 Å². The van der Waals surface area contributed by atoms with Crippen LogP contribution in [0.5, 0.6) is 0 Å². The van der Waals surface area contributed by atoms with Crippen LogP contribution in [0, 0.1) is 11.8 Å². The molecule has 1 spiro atoms. The molecular formula is C28H36N6O4S. The lowest BCUT2D eigenvalue weighted by atomic mass is 9.66. The number of aromatic nitrogens is 3. The third-order valence-electron chi connectivity index (χ3n) is 8.62. The van der Waals surface area contributed by atoms with Gasteiger partial charge in [0.25, 0.3) is 0 Å². The van der Waals surface area contributed by atoms with Crippen LogP contribution in [-0.4, -0.2) is 101 Å². The van der Waals surface area contributed by atoms with Gasteiger partial charge in [0, 0.05) is 24.9 Å². The van der Waals surface area contributed by atoms with E-state index in [1.165, 1.54) is 0 Å². The summed E-state index contributed by atoms with van der Waals surface area (Å²) in [6, 6.07) is 6.10. The molecule has 6 atom stereocenters. The number of amides is 3. The highest BCUT2D eigenvalue weighted by Gasteiger charge is 2.77. The molecule has 1 N–H and O–H groups in total. The zero-order valence-corrected chi connectivity index (χ0v) is 23.5. The number of rotatable bonds is 10. The molecule has 208 valence electrons. The Labute approximate surface area is 232 Å². The van der Waals surface area contributed by atoms with Crippen molar-refractivity contribution in [2.45, 2.75) is 54.9 Å². The smallest absolute Gasteiger partial charge is 0.248 e. The molecule has 5 rings (SSSR count). The molecule has 39 heavy (non-hydrogen) atoms. The van der Waals surface area contributed by atoms with Crippen molar-refractivity contribution in [2.24, 2.45) is 11.8 Å². The molecule has 0 radical (unpaired) electrons. The quantitative estimate of drug-likeness (QED) is 0.448. The molecule has 0 aliphatic carbocycles. The molecule has 3 fully saturated rings. The summed E-state index contributed by atoms with van der Waals surface area (Å²) in [7, 11) is 1.72. The van der Waals surface area contributed by atoms with E-state index in [9.17, 15) is 19.5 Å². The van der Waals surface area contributed by atoms with E-state index in [-0.39, 0.29) is 37.5 Å². The fourth-order valence-electron chi connectivity index (χ4n) is 6.83. The third kappa shape index (κ3) is 4.09. The van der Waals surface area contributed by atoms with Gasteiger partial charge in [-0.25, -0.2) is 4.68 Å². The number of hydrogen-bond acceptors (Lipinski definition) is 7. The molecule has 4 heterocycles. The van der Waals surface area contributed by atoms with Crippen LogP contribution in [0.1, 0.15) is 26.7 Å². The Balaban J connectivity index is 1.56. The van der Waals surface area contributed by atoms with Crippen molar-refractivity contribution in [1.29, 1.82) is 0 Å². The second kappa shape index (κ2) is 10.1. The monoisotopic (exact) mass is 552 g/mol.